The van der Waals surface area contributed by atoms with Gasteiger partial charge in [0.15, 0.2) is 0 Å². The van der Waals surface area contributed by atoms with E-state index in [1.54, 1.807) is 0 Å². The molecular formula is C22H33Zr. The number of rotatable bonds is 0. The molecule has 0 amide bonds. The number of hydrogen-bond donors (Lipinski definition) is 0. The maximum atomic E-state index is 2.99. The summed E-state index contributed by atoms with van der Waals surface area (Å²) in [7, 11) is 0. The van der Waals surface area contributed by atoms with Gasteiger partial charge in [0, 0.05) is 0 Å². The number of hydrogen-bond acceptors (Lipinski definition) is 0. The predicted molar refractivity (Wildman–Crippen MR) is 99.0 cm³/mol. The van der Waals surface area contributed by atoms with Crippen LogP contribution in [0.2, 0.25) is 0 Å². The molecule has 0 aromatic carbocycles. The SMILES string of the molecule is C.C1=CC2CC3[CH-]CCCC3C2C=C1.C[CH-]C.[C-]1=CC=CC1.[Zr+3]. The van der Waals surface area contributed by atoms with Gasteiger partial charge in [0.1, 0.15) is 0 Å². The van der Waals surface area contributed by atoms with E-state index in [1.165, 1.54) is 25.7 Å². The van der Waals surface area contributed by atoms with E-state index in [0.29, 0.717) is 0 Å². The van der Waals surface area contributed by atoms with Crippen molar-refractivity contribution in [2.45, 2.75) is 53.4 Å². The van der Waals surface area contributed by atoms with Crippen LogP contribution in [-0.2, 0) is 26.2 Å². The summed E-state index contributed by atoms with van der Waals surface area (Å²) in [5.41, 5.74) is 0. The minimum atomic E-state index is 0. The molecule has 1 heteroatoms. The number of fused-ring (bicyclic) bond motifs is 3. The van der Waals surface area contributed by atoms with Crippen molar-refractivity contribution in [1.29, 1.82) is 0 Å². The van der Waals surface area contributed by atoms with Crippen LogP contribution in [0.4, 0.5) is 0 Å². The van der Waals surface area contributed by atoms with E-state index in [0.717, 1.165) is 30.1 Å². The Morgan fingerprint density at radius 3 is 2.48 bits per heavy atom. The fourth-order valence-corrected chi connectivity index (χ4v) is 3.84. The fourth-order valence-electron chi connectivity index (χ4n) is 3.84. The van der Waals surface area contributed by atoms with Crippen molar-refractivity contribution in [1.82, 2.24) is 0 Å². The molecule has 0 saturated heterocycles. The summed E-state index contributed by atoms with van der Waals surface area (Å²) in [5, 5.41) is 0. The second kappa shape index (κ2) is 13.2. The Kier molecular flexibility index (Phi) is 13.1. The zero-order chi connectivity index (χ0) is 14.9. The van der Waals surface area contributed by atoms with Crippen molar-refractivity contribution < 1.29 is 26.2 Å². The normalized spacial score (nSPS) is 31.4. The van der Waals surface area contributed by atoms with Gasteiger partial charge in [0.05, 0.1) is 0 Å². The van der Waals surface area contributed by atoms with Crippen LogP contribution >= 0.6 is 0 Å². The van der Waals surface area contributed by atoms with E-state index >= 15 is 0 Å². The van der Waals surface area contributed by atoms with Crippen LogP contribution in [0.15, 0.2) is 42.5 Å². The molecule has 4 atom stereocenters. The summed E-state index contributed by atoms with van der Waals surface area (Å²) in [6.07, 6.45) is 29.7. The molecule has 0 nitrogen and oxygen atoms in total. The quantitative estimate of drug-likeness (QED) is 0.413. The van der Waals surface area contributed by atoms with Gasteiger partial charge in [-0.15, -0.1) is 6.42 Å². The molecule has 0 aromatic rings. The molecule has 4 rings (SSSR count). The topological polar surface area (TPSA) is 0 Å². The molecule has 0 N–H and O–H groups in total. The number of allylic oxidation sites excluding steroid dienone is 8. The Hall–Kier alpha value is -0.157. The third-order valence-corrected chi connectivity index (χ3v) is 4.68. The van der Waals surface area contributed by atoms with Gasteiger partial charge < -0.3 is 12.8 Å². The van der Waals surface area contributed by atoms with Crippen molar-refractivity contribution in [2.75, 3.05) is 0 Å². The van der Waals surface area contributed by atoms with E-state index < -0.39 is 0 Å². The maximum absolute atomic E-state index is 2.99. The molecule has 0 aliphatic heterocycles. The van der Waals surface area contributed by atoms with Crippen molar-refractivity contribution in [3.05, 3.63) is 61.4 Å². The third-order valence-electron chi connectivity index (χ3n) is 4.68. The molecule has 0 spiro atoms. The zero-order valence-electron chi connectivity index (χ0n) is 14.0. The molecule has 2 fully saturated rings. The Morgan fingerprint density at radius 1 is 1.13 bits per heavy atom. The molecule has 0 bridgehead atoms. The molecule has 4 unspecified atom stereocenters. The van der Waals surface area contributed by atoms with Crippen molar-refractivity contribution in [3.8, 4) is 0 Å². The van der Waals surface area contributed by atoms with Crippen molar-refractivity contribution >= 4 is 0 Å². The monoisotopic (exact) mass is 387 g/mol. The van der Waals surface area contributed by atoms with Crippen LogP contribution in [-0.4, -0.2) is 0 Å². The van der Waals surface area contributed by atoms with Gasteiger partial charge in [-0.05, 0) is 11.8 Å². The summed E-state index contributed by atoms with van der Waals surface area (Å²) < 4.78 is 0. The summed E-state index contributed by atoms with van der Waals surface area (Å²) in [6, 6.07) is 0. The maximum Gasteiger partial charge on any atom is 3.00 e. The second-order valence-corrected chi connectivity index (χ2v) is 6.32. The van der Waals surface area contributed by atoms with Crippen LogP contribution in [0.25, 0.3) is 0 Å². The summed E-state index contributed by atoms with van der Waals surface area (Å²) in [4.78, 5) is 0. The van der Waals surface area contributed by atoms with Gasteiger partial charge in [0.25, 0.3) is 0 Å². The largest absolute Gasteiger partial charge is 3.00 e. The van der Waals surface area contributed by atoms with Crippen LogP contribution in [0, 0.1) is 42.6 Å². The van der Waals surface area contributed by atoms with Gasteiger partial charge in [-0.1, -0.05) is 56.9 Å². The van der Waals surface area contributed by atoms with Gasteiger partial charge in [-0.3, -0.25) is 6.08 Å². The van der Waals surface area contributed by atoms with Crippen LogP contribution in [0.5, 0.6) is 0 Å². The Bertz CT molecular complexity index is 392. The third kappa shape index (κ3) is 7.08. The standard InChI is InChI=1S/C13H17.C5H5.C3H7.CH4.Zr/c1-3-7-12-10(5-1)9-11-6-2-4-8-13(11)12;1-2-4-5-3-1;1-3-2;;/h1,3,5-7,10-13H,2,4,8-9H2;1-3H,4H2;3H,1-2H3;1H4;/q3*-1;;+3. The van der Waals surface area contributed by atoms with Gasteiger partial charge in [-0.25, -0.2) is 12.2 Å². The average Bonchev–Trinajstić information content (AvgIpc) is 3.19. The van der Waals surface area contributed by atoms with E-state index in [1.807, 2.05) is 32.4 Å². The molecule has 4 aliphatic carbocycles. The fraction of sp³-hybridized carbons (Fsp3) is 0.545. The van der Waals surface area contributed by atoms with Crippen LogP contribution in [0.3, 0.4) is 0 Å². The summed E-state index contributed by atoms with van der Waals surface area (Å²) >= 11 is 0. The van der Waals surface area contributed by atoms with Crippen molar-refractivity contribution in [2.24, 2.45) is 23.7 Å². The Balaban J connectivity index is 0.000000413. The molecule has 0 aromatic heterocycles. The predicted octanol–water partition coefficient (Wildman–Crippen LogP) is 6.54. The first-order valence-corrected chi connectivity index (χ1v) is 8.50. The van der Waals surface area contributed by atoms with Crippen molar-refractivity contribution in [3.63, 3.8) is 0 Å². The van der Waals surface area contributed by atoms with Crippen LogP contribution < -0.4 is 0 Å². The molecular weight excluding hydrogens is 355 g/mol. The zero-order valence-corrected chi connectivity index (χ0v) is 16.5. The molecule has 23 heavy (non-hydrogen) atoms. The molecule has 4 aliphatic rings. The molecule has 0 heterocycles. The second-order valence-electron chi connectivity index (χ2n) is 6.32. The van der Waals surface area contributed by atoms with Gasteiger partial charge in [0.2, 0.25) is 0 Å². The Labute approximate surface area is 164 Å². The molecule has 1 radical (unpaired) electrons. The molecule has 2 saturated carbocycles. The summed E-state index contributed by atoms with van der Waals surface area (Å²) in [5.74, 6) is 3.68. The first-order chi connectivity index (χ1) is 10.4. The Morgan fingerprint density at radius 2 is 1.87 bits per heavy atom. The van der Waals surface area contributed by atoms with E-state index in [9.17, 15) is 0 Å². The van der Waals surface area contributed by atoms with E-state index in [2.05, 4.69) is 42.9 Å². The average molecular weight is 389 g/mol. The smallest absolute Gasteiger partial charge is 0.335 e. The first-order valence-electron chi connectivity index (χ1n) is 8.50. The van der Waals surface area contributed by atoms with Crippen LogP contribution in [0.1, 0.15) is 53.4 Å². The molecule has 125 valence electrons. The minimum Gasteiger partial charge on any atom is -0.335 e. The van der Waals surface area contributed by atoms with Gasteiger partial charge >= 0.3 is 26.2 Å². The van der Waals surface area contributed by atoms with E-state index in [-0.39, 0.29) is 33.6 Å². The minimum absolute atomic E-state index is 0. The van der Waals surface area contributed by atoms with Gasteiger partial charge in [-0.2, -0.15) is 32.3 Å². The van der Waals surface area contributed by atoms with E-state index in [4.69, 9.17) is 0 Å². The summed E-state index contributed by atoms with van der Waals surface area (Å²) in [6.45, 7) is 4.00. The first kappa shape index (κ1) is 22.8.